The molecule has 0 aliphatic carbocycles. The first kappa shape index (κ1) is 14.3. The molecule has 0 aliphatic heterocycles. The van der Waals surface area contributed by atoms with Crippen molar-refractivity contribution in [3.05, 3.63) is 78.2 Å². The van der Waals surface area contributed by atoms with E-state index >= 15 is 0 Å². The highest BCUT2D eigenvalue weighted by Gasteiger charge is 2.09. The summed E-state index contributed by atoms with van der Waals surface area (Å²) in [5.41, 5.74) is 4.76. The molecule has 3 nitrogen and oxygen atoms in total. The van der Waals surface area contributed by atoms with Crippen LogP contribution in [-0.2, 0) is 6.54 Å². The zero-order chi connectivity index (χ0) is 15.4. The van der Waals surface area contributed by atoms with Gasteiger partial charge in [-0.05, 0) is 19.1 Å². The fourth-order valence-electron chi connectivity index (χ4n) is 2.51. The van der Waals surface area contributed by atoms with Crippen LogP contribution < -0.4 is 9.30 Å². The van der Waals surface area contributed by atoms with Crippen molar-refractivity contribution in [2.75, 3.05) is 7.11 Å². The van der Waals surface area contributed by atoms with E-state index in [4.69, 9.17) is 4.74 Å². The van der Waals surface area contributed by atoms with Crippen molar-refractivity contribution >= 4 is 0 Å². The van der Waals surface area contributed by atoms with Crippen molar-refractivity contribution in [3.63, 3.8) is 0 Å². The molecule has 0 radical (unpaired) electrons. The van der Waals surface area contributed by atoms with Gasteiger partial charge in [-0.25, -0.2) is 4.98 Å². The van der Waals surface area contributed by atoms with E-state index in [1.165, 1.54) is 11.1 Å². The molecular weight excluding hydrogens is 272 g/mol. The third-order valence-electron chi connectivity index (χ3n) is 3.54. The second kappa shape index (κ2) is 6.39. The molecule has 0 fully saturated rings. The van der Waals surface area contributed by atoms with Gasteiger partial charge in [0.15, 0.2) is 18.9 Å². The Morgan fingerprint density at radius 2 is 1.82 bits per heavy atom. The van der Waals surface area contributed by atoms with Gasteiger partial charge in [-0.3, -0.25) is 0 Å². The van der Waals surface area contributed by atoms with Crippen LogP contribution in [0.2, 0.25) is 0 Å². The summed E-state index contributed by atoms with van der Waals surface area (Å²) in [7, 11) is 1.63. The lowest BCUT2D eigenvalue weighted by molar-refractivity contribution is -0.688. The molecule has 0 saturated heterocycles. The summed E-state index contributed by atoms with van der Waals surface area (Å²) in [4.78, 5) is 4.29. The number of pyridine rings is 2. The molecule has 0 atom stereocenters. The van der Waals surface area contributed by atoms with Gasteiger partial charge in [0.2, 0.25) is 5.88 Å². The van der Waals surface area contributed by atoms with E-state index < -0.39 is 0 Å². The zero-order valence-electron chi connectivity index (χ0n) is 12.9. The third kappa shape index (κ3) is 3.31. The molecule has 0 unspecified atom stereocenters. The number of benzene rings is 1. The maximum atomic E-state index is 5.12. The molecule has 0 spiro atoms. The van der Waals surface area contributed by atoms with Crippen LogP contribution in [-0.4, -0.2) is 12.1 Å². The zero-order valence-corrected chi connectivity index (χ0v) is 12.9. The number of aryl methyl sites for hydroxylation is 1. The molecule has 3 aromatic rings. The molecule has 3 heteroatoms. The molecule has 0 aliphatic rings. The smallest absolute Gasteiger partial charge is 0.212 e. The highest BCUT2D eigenvalue weighted by Crippen LogP contribution is 2.19. The van der Waals surface area contributed by atoms with E-state index in [0.29, 0.717) is 5.88 Å². The number of aromatic nitrogens is 2. The summed E-state index contributed by atoms with van der Waals surface area (Å²) in [5, 5.41) is 0. The average molecular weight is 291 g/mol. The molecule has 0 bridgehead atoms. The van der Waals surface area contributed by atoms with Gasteiger partial charge in [0.25, 0.3) is 0 Å². The maximum Gasteiger partial charge on any atom is 0.212 e. The van der Waals surface area contributed by atoms with Crippen LogP contribution >= 0.6 is 0 Å². The first-order valence-corrected chi connectivity index (χ1v) is 7.30. The Balaban J connectivity index is 1.92. The van der Waals surface area contributed by atoms with Crippen molar-refractivity contribution in [3.8, 4) is 17.0 Å². The number of rotatable bonds is 4. The van der Waals surface area contributed by atoms with Crippen molar-refractivity contribution in [1.29, 1.82) is 0 Å². The summed E-state index contributed by atoms with van der Waals surface area (Å²) in [6, 6.07) is 16.6. The molecule has 0 amide bonds. The SMILES string of the molecule is COc1ccc(-c2cc(C)c[n+](Cc3ccccc3)c2)cn1. The number of ether oxygens (including phenoxy) is 1. The summed E-state index contributed by atoms with van der Waals surface area (Å²) >= 11 is 0. The maximum absolute atomic E-state index is 5.12. The minimum absolute atomic E-state index is 0.633. The molecule has 2 heterocycles. The number of methoxy groups -OCH3 is 1. The van der Waals surface area contributed by atoms with E-state index in [-0.39, 0.29) is 0 Å². The van der Waals surface area contributed by atoms with Crippen LogP contribution in [0.15, 0.2) is 67.1 Å². The van der Waals surface area contributed by atoms with Crippen molar-refractivity contribution < 1.29 is 9.30 Å². The molecular formula is C19H19N2O+. The predicted octanol–water partition coefficient (Wildman–Crippen LogP) is 3.40. The molecule has 3 rings (SSSR count). The molecule has 22 heavy (non-hydrogen) atoms. The normalized spacial score (nSPS) is 10.5. The van der Waals surface area contributed by atoms with Gasteiger partial charge < -0.3 is 4.74 Å². The van der Waals surface area contributed by atoms with Gasteiger partial charge >= 0.3 is 0 Å². The highest BCUT2D eigenvalue weighted by molar-refractivity contribution is 5.61. The average Bonchev–Trinajstić information content (AvgIpc) is 2.55. The molecule has 110 valence electrons. The summed E-state index contributed by atoms with van der Waals surface area (Å²) < 4.78 is 7.33. The first-order chi connectivity index (χ1) is 10.7. The quantitative estimate of drug-likeness (QED) is 0.689. The van der Waals surface area contributed by atoms with Crippen molar-refractivity contribution in [1.82, 2.24) is 4.98 Å². The minimum Gasteiger partial charge on any atom is -0.481 e. The molecule has 0 N–H and O–H groups in total. The van der Waals surface area contributed by atoms with E-state index in [0.717, 1.165) is 17.7 Å². The van der Waals surface area contributed by atoms with E-state index in [1.807, 2.05) is 24.4 Å². The number of hydrogen-bond donors (Lipinski definition) is 0. The van der Waals surface area contributed by atoms with Gasteiger partial charge in [0.1, 0.15) is 0 Å². The predicted molar refractivity (Wildman–Crippen MR) is 86.7 cm³/mol. The third-order valence-corrected chi connectivity index (χ3v) is 3.54. The van der Waals surface area contributed by atoms with Crippen LogP contribution in [0.4, 0.5) is 0 Å². The monoisotopic (exact) mass is 291 g/mol. The Morgan fingerprint density at radius 1 is 1.00 bits per heavy atom. The van der Waals surface area contributed by atoms with Gasteiger partial charge in [-0.2, -0.15) is 4.57 Å². The lowest BCUT2D eigenvalue weighted by Gasteiger charge is -2.05. The fraction of sp³-hybridized carbons (Fsp3) is 0.158. The van der Waals surface area contributed by atoms with Crippen LogP contribution in [0.25, 0.3) is 11.1 Å². The Bertz CT molecular complexity index is 752. The molecule has 0 saturated carbocycles. The fourth-order valence-corrected chi connectivity index (χ4v) is 2.51. The summed E-state index contributed by atoms with van der Waals surface area (Å²) in [6.45, 7) is 2.97. The Kier molecular flexibility index (Phi) is 4.15. The highest BCUT2D eigenvalue weighted by atomic mass is 16.5. The van der Waals surface area contributed by atoms with Crippen LogP contribution in [0.5, 0.6) is 5.88 Å². The first-order valence-electron chi connectivity index (χ1n) is 7.30. The Hall–Kier alpha value is -2.68. The van der Waals surface area contributed by atoms with Crippen molar-refractivity contribution in [2.24, 2.45) is 0 Å². The molecule has 1 aromatic carbocycles. The Labute approximate surface area is 130 Å². The number of nitrogens with zero attached hydrogens (tertiary/aromatic N) is 2. The second-order valence-corrected chi connectivity index (χ2v) is 5.35. The van der Waals surface area contributed by atoms with E-state index in [1.54, 1.807) is 7.11 Å². The van der Waals surface area contributed by atoms with Gasteiger partial charge in [0.05, 0.1) is 7.11 Å². The van der Waals surface area contributed by atoms with Crippen LogP contribution in [0, 0.1) is 6.92 Å². The topological polar surface area (TPSA) is 26.0 Å². The van der Waals surface area contributed by atoms with Crippen LogP contribution in [0.3, 0.4) is 0 Å². The van der Waals surface area contributed by atoms with Gasteiger partial charge in [-0.1, -0.05) is 30.3 Å². The summed E-state index contributed by atoms with van der Waals surface area (Å²) in [5.74, 6) is 0.633. The Morgan fingerprint density at radius 3 is 2.50 bits per heavy atom. The largest absolute Gasteiger partial charge is 0.481 e. The number of hydrogen-bond acceptors (Lipinski definition) is 2. The van der Waals surface area contributed by atoms with Crippen molar-refractivity contribution in [2.45, 2.75) is 13.5 Å². The van der Waals surface area contributed by atoms with Gasteiger partial charge in [-0.15, -0.1) is 0 Å². The van der Waals surface area contributed by atoms with E-state index in [2.05, 4.69) is 59.2 Å². The lowest BCUT2D eigenvalue weighted by Crippen LogP contribution is -2.34. The summed E-state index contributed by atoms with van der Waals surface area (Å²) in [6.07, 6.45) is 6.16. The minimum atomic E-state index is 0.633. The lowest BCUT2D eigenvalue weighted by atomic mass is 10.1. The molecule has 2 aromatic heterocycles. The van der Waals surface area contributed by atoms with Crippen LogP contribution in [0.1, 0.15) is 11.1 Å². The van der Waals surface area contributed by atoms with Gasteiger partial charge in [0, 0.05) is 34.5 Å². The standard InChI is InChI=1S/C19H19N2O/c1-15-10-18(17-8-9-19(22-2)20-11-17)14-21(12-15)13-16-6-4-3-5-7-16/h3-12,14H,13H2,1-2H3/q+1. The van der Waals surface area contributed by atoms with E-state index in [9.17, 15) is 0 Å². The second-order valence-electron chi connectivity index (χ2n) is 5.35.